The number of likely N-dealkylation sites (N-methyl/N-ethyl adjacent to an activating group) is 1. The summed E-state index contributed by atoms with van der Waals surface area (Å²) >= 11 is 3.49. The van der Waals surface area contributed by atoms with Crippen molar-refractivity contribution in [1.82, 2.24) is 4.90 Å². The highest BCUT2D eigenvalue weighted by Crippen LogP contribution is 2.21. The van der Waals surface area contributed by atoms with Gasteiger partial charge in [-0.2, -0.15) is 0 Å². The fourth-order valence-electron chi connectivity index (χ4n) is 1.66. The molecule has 0 saturated carbocycles. The third kappa shape index (κ3) is 1.54. The molecule has 0 unspecified atom stereocenters. The lowest BCUT2D eigenvalue weighted by Gasteiger charge is -2.24. The number of fused-ring (bicyclic) bond motifs is 1. The predicted molar refractivity (Wildman–Crippen MR) is 54.2 cm³/mol. The Morgan fingerprint density at radius 1 is 1.33 bits per heavy atom. The SMILES string of the molecule is CN1CCc2cc(Br)ccc2C1. The standard InChI is InChI=1S/C10H12BrN/c1-12-5-4-8-6-10(11)3-2-9(8)7-12/h2-3,6H,4-5,7H2,1H3. The number of hydrogen-bond acceptors (Lipinski definition) is 1. The van der Waals surface area contributed by atoms with Crippen molar-refractivity contribution >= 4 is 15.9 Å². The van der Waals surface area contributed by atoms with Crippen LogP contribution in [0.15, 0.2) is 22.7 Å². The second kappa shape index (κ2) is 3.19. The Morgan fingerprint density at radius 3 is 3.00 bits per heavy atom. The molecule has 1 aliphatic heterocycles. The van der Waals surface area contributed by atoms with Crippen molar-refractivity contribution in [2.24, 2.45) is 0 Å². The van der Waals surface area contributed by atoms with E-state index >= 15 is 0 Å². The van der Waals surface area contributed by atoms with E-state index in [2.05, 4.69) is 46.1 Å². The van der Waals surface area contributed by atoms with Crippen LogP contribution in [0.5, 0.6) is 0 Å². The van der Waals surface area contributed by atoms with Gasteiger partial charge in [0.1, 0.15) is 0 Å². The van der Waals surface area contributed by atoms with Gasteiger partial charge in [0, 0.05) is 17.6 Å². The molecule has 1 aromatic rings. The average molecular weight is 226 g/mol. The summed E-state index contributed by atoms with van der Waals surface area (Å²) in [6, 6.07) is 6.58. The van der Waals surface area contributed by atoms with E-state index < -0.39 is 0 Å². The first-order valence-electron chi connectivity index (χ1n) is 4.21. The molecule has 0 aliphatic carbocycles. The molecule has 0 bridgehead atoms. The summed E-state index contributed by atoms with van der Waals surface area (Å²) in [5.74, 6) is 0. The minimum Gasteiger partial charge on any atom is -0.302 e. The highest BCUT2D eigenvalue weighted by Gasteiger charge is 2.12. The third-order valence-electron chi connectivity index (χ3n) is 2.37. The largest absolute Gasteiger partial charge is 0.302 e. The van der Waals surface area contributed by atoms with E-state index in [1.54, 1.807) is 0 Å². The Morgan fingerprint density at radius 2 is 2.17 bits per heavy atom. The van der Waals surface area contributed by atoms with Gasteiger partial charge in [0.05, 0.1) is 0 Å². The molecular weight excluding hydrogens is 214 g/mol. The lowest BCUT2D eigenvalue weighted by molar-refractivity contribution is 0.313. The minimum absolute atomic E-state index is 1.10. The monoisotopic (exact) mass is 225 g/mol. The predicted octanol–water partition coefficient (Wildman–Crippen LogP) is 2.44. The molecule has 1 aromatic carbocycles. The van der Waals surface area contributed by atoms with E-state index in [1.807, 2.05) is 0 Å². The molecule has 1 aliphatic rings. The van der Waals surface area contributed by atoms with Crippen molar-refractivity contribution in [3.63, 3.8) is 0 Å². The quantitative estimate of drug-likeness (QED) is 0.656. The van der Waals surface area contributed by atoms with Gasteiger partial charge in [-0.1, -0.05) is 22.0 Å². The van der Waals surface area contributed by atoms with Crippen molar-refractivity contribution in [3.05, 3.63) is 33.8 Å². The van der Waals surface area contributed by atoms with Crippen LogP contribution in [0, 0.1) is 0 Å². The maximum atomic E-state index is 3.49. The zero-order valence-corrected chi connectivity index (χ0v) is 8.76. The maximum absolute atomic E-state index is 3.49. The molecule has 0 saturated heterocycles. The van der Waals surface area contributed by atoms with Gasteiger partial charge in [0.25, 0.3) is 0 Å². The van der Waals surface area contributed by atoms with Crippen molar-refractivity contribution in [2.75, 3.05) is 13.6 Å². The van der Waals surface area contributed by atoms with Crippen LogP contribution < -0.4 is 0 Å². The molecule has 12 heavy (non-hydrogen) atoms. The van der Waals surface area contributed by atoms with Gasteiger partial charge in [-0.25, -0.2) is 0 Å². The molecule has 0 radical (unpaired) electrons. The summed E-state index contributed by atoms with van der Waals surface area (Å²) < 4.78 is 1.20. The summed E-state index contributed by atoms with van der Waals surface area (Å²) in [6.45, 7) is 2.28. The number of rotatable bonds is 0. The smallest absolute Gasteiger partial charge is 0.0233 e. The Bertz CT molecular complexity index is 296. The number of halogens is 1. The van der Waals surface area contributed by atoms with Gasteiger partial charge in [-0.15, -0.1) is 0 Å². The van der Waals surface area contributed by atoms with E-state index in [0.29, 0.717) is 0 Å². The van der Waals surface area contributed by atoms with E-state index in [9.17, 15) is 0 Å². The van der Waals surface area contributed by atoms with Gasteiger partial charge >= 0.3 is 0 Å². The normalized spacial score (nSPS) is 17.5. The molecule has 64 valence electrons. The molecule has 2 rings (SSSR count). The highest BCUT2D eigenvalue weighted by atomic mass is 79.9. The van der Waals surface area contributed by atoms with Crippen LogP contribution in [0.1, 0.15) is 11.1 Å². The van der Waals surface area contributed by atoms with Crippen LogP contribution in [0.4, 0.5) is 0 Å². The fraction of sp³-hybridized carbons (Fsp3) is 0.400. The van der Waals surface area contributed by atoms with Crippen LogP contribution in [-0.4, -0.2) is 18.5 Å². The number of benzene rings is 1. The third-order valence-corrected chi connectivity index (χ3v) is 2.86. The number of nitrogens with zero attached hydrogens (tertiary/aromatic N) is 1. The van der Waals surface area contributed by atoms with E-state index in [1.165, 1.54) is 28.6 Å². The van der Waals surface area contributed by atoms with Crippen LogP contribution in [0.3, 0.4) is 0 Å². The van der Waals surface area contributed by atoms with Crippen molar-refractivity contribution in [3.8, 4) is 0 Å². The molecular formula is C10H12BrN. The molecule has 2 heteroatoms. The lowest BCUT2D eigenvalue weighted by Crippen LogP contribution is -2.26. The second-order valence-electron chi connectivity index (χ2n) is 3.40. The Balaban J connectivity index is 2.37. The van der Waals surface area contributed by atoms with E-state index in [-0.39, 0.29) is 0 Å². The summed E-state index contributed by atoms with van der Waals surface area (Å²) in [4.78, 5) is 2.36. The van der Waals surface area contributed by atoms with Crippen LogP contribution in [-0.2, 0) is 13.0 Å². The molecule has 1 heterocycles. The summed E-state index contributed by atoms with van der Waals surface area (Å²) in [5.41, 5.74) is 2.98. The molecule has 0 atom stereocenters. The summed E-state index contributed by atoms with van der Waals surface area (Å²) in [7, 11) is 2.17. The average Bonchev–Trinajstić information content (AvgIpc) is 2.05. The zero-order chi connectivity index (χ0) is 8.55. The van der Waals surface area contributed by atoms with Crippen molar-refractivity contribution < 1.29 is 0 Å². The Hall–Kier alpha value is -0.340. The Labute approximate surface area is 81.5 Å². The fourth-order valence-corrected chi connectivity index (χ4v) is 2.07. The maximum Gasteiger partial charge on any atom is 0.0233 e. The first-order chi connectivity index (χ1) is 5.75. The Kier molecular flexibility index (Phi) is 2.20. The second-order valence-corrected chi connectivity index (χ2v) is 4.32. The van der Waals surface area contributed by atoms with Crippen LogP contribution in [0.25, 0.3) is 0 Å². The molecule has 0 fully saturated rings. The first-order valence-corrected chi connectivity index (χ1v) is 5.01. The van der Waals surface area contributed by atoms with Gasteiger partial charge in [0.15, 0.2) is 0 Å². The molecule has 0 N–H and O–H groups in total. The van der Waals surface area contributed by atoms with Gasteiger partial charge < -0.3 is 4.90 Å². The first kappa shape index (κ1) is 8.27. The minimum atomic E-state index is 1.10. The van der Waals surface area contributed by atoms with Crippen molar-refractivity contribution in [2.45, 2.75) is 13.0 Å². The van der Waals surface area contributed by atoms with E-state index in [4.69, 9.17) is 0 Å². The molecule has 1 nitrogen and oxygen atoms in total. The van der Waals surface area contributed by atoms with Gasteiger partial charge in [0.2, 0.25) is 0 Å². The van der Waals surface area contributed by atoms with Crippen molar-refractivity contribution in [1.29, 1.82) is 0 Å². The molecule has 0 aromatic heterocycles. The summed E-state index contributed by atoms with van der Waals surface area (Å²) in [6.07, 6.45) is 1.19. The highest BCUT2D eigenvalue weighted by molar-refractivity contribution is 9.10. The van der Waals surface area contributed by atoms with Crippen LogP contribution in [0.2, 0.25) is 0 Å². The van der Waals surface area contributed by atoms with Gasteiger partial charge in [-0.05, 0) is 36.7 Å². The lowest BCUT2D eigenvalue weighted by atomic mass is 10.0. The van der Waals surface area contributed by atoms with Crippen LogP contribution >= 0.6 is 15.9 Å². The molecule has 0 spiro atoms. The number of hydrogen-bond donors (Lipinski definition) is 0. The van der Waals surface area contributed by atoms with E-state index in [0.717, 1.165) is 6.54 Å². The molecule has 0 amide bonds. The zero-order valence-electron chi connectivity index (χ0n) is 7.18. The topological polar surface area (TPSA) is 3.24 Å². The van der Waals surface area contributed by atoms with Gasteiger partial charge in [-0.3, -0.25) is 0 Å². The summed E-state index contributed by atoms with van der Waals surface area (Å²) in [5, 5.41) is 0.